The lowest BCUT2D eigenvalue weighted by Gasteiger charge is -2.13. The van der Waals surface area contributed by atoms with Crippen LogP contribution >= 0.6 is 0 Å². The van der Waals surface area contributed by atoms with Gasteiger partial charge < -0.3 is 10.1 Å². The maximum Gasteiger partial charge on any atom is 0.257 e. The summed E-state index contributed by atoms with van der Waals surface area (Å²) in [6, 6.07) is 14.3. The number of hydrogen-bond donors (Lipinski definition) is 1. The Bertz CT molecular complexity index is 655. The number of para-hydroxylation sites is 1. The monoisotopic (exact) mass is 315 g/mol. The van der Waals surface area contributed by atoms with Crippen LogP contribution in [0.1, 0.15) is 30.9 Å². The minimum absolute atomic E-state index is 0.0407. The van der Waals surface area contributed by atoms with E-state index in [1.165, 1.54) is 6.07 Å². The van der Waals surface area contributed by atoms with Crippen molar-refractivity contribution < 1.29 is 13.9 Å². The van der Waals surface area contributed by atoms with Crippen LogP contribution in [0.5, 0.6) is 5.75 Å². The third-order valence-corrected chi connectivity index (χ3v) is 3.57. The van der Waals surface area contributed by atoms with Crippen LogP contribution in [0.15, 0.2) is 48.5 Å². The summed E-state index contributed by atoms with van der Waals surface area (Å²) in [6.45, 7) is 4.50. The van der Waals surface area contributed by atoms with Gasteiger partial charge in [-0.05, 0) is 35.6 Å². The number of carbonyl (C=O) groups is 1. The highest BCUT2D eigenvalue weighted by Crippen LogP contribution is 2.25. The average molecular weight is 315 g/mol. The zero-order chi connectivity index (χ0) is 16.7. The van der Waals surface area contributed by atoms with Gasteiger partial charge in [0.2, 0.25) is 0 Å². The van der Waals surface area contributed by atoms with Gasteiger partial charge in [-0.2, -0.15) is 0 Å². The largest absolute Gasteiger partial charge is 0.483 e. The number of hydrogen-bond acceptors (Lipinski definition) is 2. The number of amides is 1. The molecule has 0 saturated carbocycles. The van der Waals surface area contributed by atoms with E-state index in [9.17, 15) is 9.18 Å². The predicted molar refractivity (Wildman–Crippen MR) is 89.1 cm³/mol. The molecule has 1 N–H and O–H groups in total. The van der Waals surface area contributed by atoms with Crippen LogP contribution in [-0.4, -0.2) is 19.1 Å². The van der Waals surface area contributed by atoms with Crippen LogP contribution < -0.4 is 10.1 Å². The zero-order valence-corrected chi connectivity index (χ0v) is 13.5. The second kappa shape index (κ2) is 8.32. The van der Waals surface area contributed by atoms with Gasteiger partial charge in [-0.3, -0.25) is 4.79 Å². The molecular formula is C19H22FNO2. The van der Waals surface area contributed by atoms with Crippen molar-refractivity contribution in [2.45, 2.75) is 26.2 Å². The van der Waals surface area contributed by atoms with Crippen LogP contribution in [0, 0.1) is 5.82 Å². The quantitative estimate of drug-likeness (QED) is 0.846. The van der Waals surface area contributed by atoms with Gasteiger partial charge in [-0.15, -0.1) is 0 Å². The van der Waals surface area contributed by atoms with Gasteiger partial charge in [0.15, 0.2) is 6.61 Å². The summed E-state index contributed by atoms with van der Waals surface area (Å²) in [5.41, 5.74) is 1.67. The SMILES string of the molecule is CC(C)c1ccccc1OCC(=O)NCCc1ccccc1F. The van der Waals surface area contributed by atoms with Gasteiger partial charge in [0.25, 0.3) is 5.91 Å². The Morgan fingerprint density at radius 1 is 1.13 bits per heavy atom. The van der Waals surface area contributed by atoms with Crippen molar-refractivity contribution in [3.63, 3.8) is 0 Å². The first-order valence-corrected chi connectivity index (χ1v) is 7.79. The van der Waals surface area contributed by atoms with Gasteiger partial charge >= 0.3 is 0 Å². The van der Waals surface area contributed by atoms with Crippen molar-refractivity contribution in [1.82, 2.24) is 5.32 Å². The molecule has 0 aromatic heterocycles. The minimum Gasteiger partial charge on any atom is -0.483 e. The summed E-state index contributed by atoms with van der Waals surface area (Å²) >= 11 is 0. The minimum atomic E-state index is -0.246. The molecule has 0 fully saturated rings. The van der Waals surface area contributed by atoms with E-state index in [4.69, 9.17) is 4.74 Å². The Morgan fingerprint density at radius 2 is 1.83 bits per heavy atom. The molecule has 0 saturated heterocycles. The van der Waals surface area contributed by atoms with Crippen molar-refractivity contribution in [1.29, 1.82) is 0 Å². The molecule has 0 unspecified atom stereocenters. The highest BCUT2D eigenvalue weighted by atomic mass is 19.1. The summed E-state index contributed by atoms with van der Waals surface area (Å²) in [5, 5.41) is 2.75. The molecule has 0 atom stereocenters. The molecule has 0 bridgehead atoms. The molecule has 0 aliphatic rings. The molecule has 122 valence electrons. The molecule has 3 nitrogen and oxygen atoms in total. The third kappa shape index (κ3) is 5.09. The highest BCUT2D eigenvalue weighted by molar-refractivity contribution is 5.77. The molecule has 4 heteroatoms. The Labute approximate surface area is 136 Å². The lowest BCUT2D eigenvalue weighted by molar-refractivity contribution is -0.123. The summed E-state index contributed by atoms with van der Waals surface area (Å²) < 4.78 is 19.1. The van der Waals surface area contributed by atoms with Crippen molar-refractivity contribution in [2.24, 2.45) is 0 Å². The fraction of sp³-hybridized carbons (Fsp3) is 0.316. The molecule has 2 aromatic rings. The molecule has 0 heterocycles. The van der Waals surface area contributed by atoms with E-state index >= 15 is 0 Å². The normalized spacial score (nSPS) is 10.6. The van der Waals surface area contributed by atoms with Gasteiger partial charge in [-0.1, -0.05) is 50.2 Å². The first-order chi connectivity index (χ1) is 11.1. The molecule has 0 spiro atoms. The van der Waals surface area contributed by atoms with Gasteiger partial charge in [0, 0.05) is 6.54 Å². The second-order valence-corrected chi connectivity index (χ2v) is 5.67. The van der Waals surface area contributed by atoms with Crippen LogP contribution in [0.2, 0.25) is 0 Å². The maximum atomic E-state index is 13.5. The van der Waals surface area contributed by atoms with Crippen LogP contribution in [0.3, 0.4) is 0 Å². The van der Waals surface area contributed by atoms with E-state index in [-0.39, 0.29) is 18.3 Å². The molecule has 2 aromatic carbocycles. The summed E-state index contributed by atoms with van der Waals surface area (Å²) in [7, 11) is 0. The molecule has 1 amide bonds. The molecular weight excluding hydrogens is 293 g/mol. The third-order valence-electron chi connectivity index (χ3n) is 3.57. The molecule has 0 radical (unpaired) electrons. The van der Waals surface area contributed by atoms with E-state index in [0.29, 0.717) is 24.4 Å². The van der Waals surface area contributed by atoms with E-state index in [2.05, 4.69) is 19.2 Å². The average Bonchev–Trinajstić information content (AvgIpc) is 2.55. The van der Waals surface area contributed by atoms with Crippen LogP contribution in [-0.2, 0) is 11.2 Å². The first kappa shape index (κ1) is 17.0. The lowest BCUT2D eigenvalue weighted by Crippen LogP contribution is -2.30. The van der Waals surface area contributed by atoms with Crippen molar-refractivity contribution in [3.05, 3.63) is 65.5 Å². The van der Waals surface area contributed by atoms with Crippen LogP contribution in [0.25, 0.3) is 0 Å². The Hall–Kier alpha value is -2.36. The Morgan fingerprint density at radius 3 is 2.57 bits per heavy atom. The van der Waals surface area contributed by atoms with Gasteiger partial charge in [0.1, 0.15) is 11.6 Å². The number of carbonyl (C=O) groups excluding carboxylic acids is 1. The highest BCUT2D eigenvalue weighted by Gasteiger charge is 2.09. The maximum absolute atomic E-state index is 13.5. The number of rotatable bonds is 7. The smallest absolute Gasteiger partial charge is 0.257 e. The first-order valence-electron chi connectivity index (χ1n) is 7.79. The Kier molecular flexibility index (Phi) is 6.15. The number of halogens is 1. The molecule has 23 heavy (non-hydrogen) atoms. The van der Waals surface area contributed by atoms with E-state index in [1.54, 1.807) is 18.2 Å². The number of nitrogens with one attached hydrogen (secondary N) is 1. The van der Waals surface area contributed by atoms with Crippen molar-refractivity contribution in [3.8, 4) is 5.75 Å². The second-order valence-electron chi connectivity index (χ2n) is 5.67. The van der Waals surface area contributed by atoms with E-state index in [1.807, 2.05) is 24.3 Å². The lowest BCUT2D eigenvalue weighted by atomic mass is 10.0. The topological polar surface area (TPSA) is 38.3 Å². The standard InChI is InChI=1S/C19H22FNO2/c1-14(2)16-8-4-6-10-18(16)23-13-19(22)21-12-11-15-7-3-5-9-17(15)20/h3-10,14H,11-13H2,1-2H3,(H,21,22). The number of ether oxygens (including phenoxy) is 1. The van der Waals surface area contributed by atoms with Gasteiger partial charge in [0.05, 0.1) is 0 Å². The van der Waals surface area contributed by atoms with Gasteiger partial charge in [-0.25, -0.2) is 4.39 Å². The summed E-state index contributed by atoms with van der Waals surface area (Å²) in [6.07, 6.45) is 0.459. The van der Waals surface area contributed by atoms with Crippen molar-refractivity contribution >= 4 is 5.91 Å². The predicted octanol–water partition coefficient (Wildman–Crippen LogP) is 3.69. The number of benzene rings is 2. The van der Waals surface area contributed by atoms with Crippen molar-refractivity contribution in [2.75, 3.05) is 13.2 Å². The molecule has 0 aliphatic heterocycles. The van der Waals surface area contributed by atoms with E-state index in [0.717, 1.165) is 11.3 Å². The molecule has 2 rings (SSSR count). The van der Waals surface area contributed by atoms with Crippen LogP contribution in [0.4, 0.5) is 4.39 Å². The fourth-order valence-corrected chi connectivity index (χ4v) is 2.32. The summed E-state index contributed by atoms with van der Waals surface area (Å²) in [4.78, 5) is 11.8. The fourth-order valence-electron chi connectivity index (χ4n) is 2.32. The van der Waals surface area contributed by atoms with E-state index < -0.39 is 0 Å². The summed E-state index contributed by atoms with van der Waals surface area (Å²) in [5.74, 6) is 0.603. The molecule has 0 aliphatic carbocycles. The Balaban J connectivity index is 1.79. The zero-order valence-electron chi connectivity index (χ0n) is 13.5.